The summed E-state index contributed by atoms with van der Waals surface area (Å²) in [5.41, 5.74) is 0.720. The van der Waals surface area contributed by atoms with E-state index in [1.54, 1.807) is 42.1 Å². The van der Waals surface area contributed by atoms with E-state index in [4.69, 9.17) is 4.74 Å². The molecule has 2 atom stereocenters. The average molecular weight is 390 g/mol. The van der Waals surface area contributed by atoms with Crippen LogP contribution in [0.1, 0.15) is 28.5 Å². The third-order valence-electron chi connectivity index (χ3n) is 3.77. The summed E-state index contributed by atoms with van der Waals surface area (Å²) < 4.78 is 7.20. The molecule has 0 fully saturated rings. The summed E-state index contributed by atoms with van der Waals surface area (Å²) in [6, 6.07) is 9.15. The van der Waals surface area contributed by atoms with Crippen LogP contribution in [-0.2, 0) is 16.6 Å². The van der Waals surface area contributed by atoms with E-state index in [0.717, 1.165) is 10.0 Å². The first-order valence-electron chi connectivity index (χ1n) is 7.21. The number of carbonyl (C=O) groups excluding carboxylic acids is 2. The zero-order chi connectivity index (χ0) is 17.7. The van der Waals surface area contributed by atoms with Crippen molar-refractivity contribution in [3.63, 3.8) is 0 Å². The van der Waals surface area contributed by atoms with Gasteiger partial charge in [-0.05, 0) is 17.7 Å². The molecule has 0 N–H and O–H groups in total. The molecule has 0 amide bonds. The minimum atomic E-state index is -1.07. The van der Waals surface area contributed by atoms with E-state index in [9.17, 15) is 14.9 Å². The molecule has 24 heavy (non-hydrogen) atoms. The van der Waals surface area contributed by atoms with Crippen LogP contribution in [0.3, 0.4) is 0 Å². The normalized spacial score (nSPS) is 12.9. The molecule has 0 saturated carbocycles. The highest BCUT2D eigenvalue weighted by molar-refractivity contribution is 9.10. The summed E-state index contributed by atoms with van der Waals surface area (Å²) in [6.45, 7) is 0. The van der Waals surface area contributed by atoms with Gasteiger partial charge in [0.2, 0.25) is 0 Å². The SMILES string of the molecule is COC(=O)C(C#N)C(CC(=O)c1nccn1C)c1ccc(Br)cc1. The van der Waals surface area contributed by atoms with Gasteiger partial charge in [-0.3, -0.25) is 9.59 Å². The molecular weight excluding hydrogens is 374 g/mol. The Balaban J connectivity index is 2.37. The lowest BCUT2D eigenvalue weighted by molar-refractivity contribution is -0.144. The molecule has 0 aliphatic rings. The summed E-state index contributed by atoms with van der Waals surface area (Å²) in [7, 11) is 2.95. The van der Waals surface area contributed by atoms with Crippen molar-refractivity contribution in [2.75, 3.05) is 7.11 Å². The number of esters is 1. The van der Waals surface area contributed by atoms with Crippen molar-refractivity contribution in [1.29, 1.82) is 5.26 Å². The topological polar surface area (TPSA) is 85.0 Å². The van der Waals surface area contributed by atoms with Gasteiger partial charge >= 0.3 is 5.97 Å². The van der Waals surface area contributed by atoms with Crippen molar-refractivity contribution in [1.82, 2.24) is 9.55 Å². The maximum atomic E-state index is 12.6. The van der Waals surface area contributed by atoms with Gasteiger partial charge in [0.25, 0.3) is 0 Å². The van der Waals surface area contributed by atoms with Gasteiger partial charge < -0.3 is 9.30 Å². The van der Waals surface area contributed by atoms with Gasteiger partial charge in [0.15, 0.2) is 17.5 Å². The number of nitrogens with zero attached hydrogens (tertiary/aromatic N) is 3. The number of imidazole rings is 1. The van der Waals surface area contributed by atoms with Crippen LogP contribution in [-0.4, -0.2) is 28.4 Å². The predicted molar refractivity (Wildman–Crippen MR) is 90.2 cm³/mol. The first kappa shape index (κ1) is 17.9. The standard InChI is InChI=1S/C17H16BrN3O3/c1-21-8-7-20-16(21)15(22)9-13(14(10-19)17(23)24-2)11-3-5-12(18)6-4-11/h3-8,13-14H,9H2,1-2H3. The molecule has 1 aromatic carbocycles. The van der Waals surface area contributed by atoms with E-state index in [0.29, 0.717) is 5.82 Å². The minimum absolute atomic E-state index is 0.0141. The molecule has 0 radical (unpaired) electrons. The number of carbonyl (C=O) groups is 2. The largest absolute Gasteiger partial charge is 0.468 e. The molecule has 0 spiro atoms. The molecule has 7 heteroatoms. The molecule has 0 saturated heterocycles. The van der Waals surface area contributed by atoms with E-state index >= 15 is 0 Å². The number of halogens is 1. The zero-order valence-electron chi connectivity index (χ0n) is 13.3. The number of nitriles is 1. The predicted octanol–water partition coefficient (Wildman–Crippen LogP) is 2.85. The van der Waals surface area contributed by atoms with Gasteiger partial charge in [-0.2, -0.15) is 5.26 Å². The Labute approximate surface area is 148 Å². The first-order valence-corrected chi connectivity index (χ1v) is 8.00. The van der Waals surface area contributed by atoms with Crippen molar-refractivity contribution in [2.24, 2.45) is 13.0 Å². The number of aryl methyl sites for hydroxylation is 1. The summed E-state index contributed by atoms with van der Waals surface area (Å²) in [4.78, 5) is 28.6. The van der Waals surface area contributed by atoms with E-state index in [2.05, 4.69) is 20.9 Å². The molecular formula is C17H16BrN3O3. The number of aromatic nitrogens is 2. The van der Waals surface area contributed by atoms with E-state index in [1.165, 1.54) is 13.3 Å². The molecule has 2 aromatic rings. The lowest BCUT2D eigenvalue weighted by atomic mass is 9.83. The number of benzene rings is 1. The minimum Gasteiger partial charge on any atom is -0.468 e. The zero-order valence-corrected chi connectivity index (χ0v) is 14.9. The lowest BCUT2D eigenvalue weighted by Gasteiger charge is -2.20. The number of rotatable bonds is 6. The molecule has 0 bridgehead atoms. The van der Waals surface area contributed by atoms with Crippen molar-refractivity contribution in [3.05, 3.63) is 52.5 Å². The maximum Gasteiger partial charge on any atom is 0.323 e. The third kappa shape index (κ3) is 3.89. The summed E-state index contributed by atoms with van der Waals surface area (Å²) >= 11 is 3.35. The van der Waals surface area contributed by atoms with E-state index in [-0.39, 0.29) is 12.2 Å². The number of ketones is 1. The molecule has 1 heterocycles. The molecule has 2 rings (SSSR count). The smallest absolute Gasteiger partial charge is 0.323 e. The Morgan fingerprint density at radius 1 is 1.38 bits per heavy atom. The monoisotopic (exact) mass is 389 g/mol. The van der Waals surface area contributed by atoms with E-state index in [1.807, 2.05) is 6.07 Å². The fraction of sp³-hybridized carbons (Fsp3) is 0.294. The van der Waals surface area contributed by atoms with Crippen molar-refractivity contribution in [2.45, 2.75) is 12.3 Å². The second kappa shape index (κ2) is 7.88. The van der Waals surface area contributed by atoms with Crippen LogP contribution < -0.4 is 0 Å². The Morgan fingerprint density at radius 2 is 2.04 bits per heavy atom. The fourth-order valence-electron chi connectivity index (χ4n) is 2.50. The van der Waals surface area contributed by atoms with Gasteiger partial charge in [0.05, 0.1) is 13.2 Å². The number of hydrogen-bond donors (Lipinski definition) is 0. The van der Waals surface area contributed by atoms with Crippen LogP contribution in [0.15, 0.2) is 41.1 Å². The number of ether oxygens (including phenoxy) is 1. The number of hydrogen-bond acceptors (Lipinski definition) is 5. The fourth-order valence-corrected chi connectivity index (χ4v) is 2.76. The van der Waals surface area contributed by atoms with Crippen LogP contribution >= 0.6 is 15.9 Å². The van der Waals surface area contributed by atoms with Gasteiger partial charge in [-0.1, -0.05) is 28.1 Å². The maximum absolute atomic E-state index is 12.6. The van der Waals surface area contributed by atoms with Crippen LogP contribution in [0, 0.1) is 17.2 Å². The summed E-state index contributed by atoms with van der Waals surface area (Å²) in [6.07, 6.45) is 3.19. The number of methoxy groups -OCH3 is 1. The Morgan fingerprint density at radius 3 is 2.54 bits per heavy atom. The Hall–Kier alpha value is -2.46. The Bertz CT molecular complexity index is 777. The lowest BCUT2D eigenvalue weighted by Crippen LogP contribution is -2.25. The Kier molecular flexibility index (Phi) is 5.88. The van der Waals surface area contributed by atoms with Crippen LogP contribution in [0.5, 0.6) is 0 Å². The van der Waals surface area contributed by atoms with Crippen molar-refractivity contribution in [3.8, 4) is 6.07 Å². The van der Waals surface area contributed by atoms with Gasteiger partial charge in [-0.25, -0.2) is 4.98 Å². The molecule has 0 aliphatic heterocycles. The highest BCUT2D eigenvalue weighted by Crippen LogP contribution is 2.31. The average Bonchev–Trinajstić information content (AvgIpc) is 3.01. The molecule has 0 aliphatic carbocycles. The number of Topliss-reactive ketones (excluding diaryl/α,β-unsaturated/α-hetero) is 1. The molecule has 2 unspecified atom stereocenters. The van der Waals surface area contributed by atoms with Crippen molar-refractivity contribution < 1.29 is 14.3 Å². The molecule has 1 aromatic heterocycles. The second-order valence-electron chi connectivity index (χ2n) is 5.28. The van der Waals surface area contributed by atoms with Crippen LogP contribution in [0.2, 0.25) is 0 Å². The second-order valence-corrected chi connectivity index (χ2v) is 6.19. The highest BCUT2D eigenvalue weighted by Gasteiger charge is 2.33. The van der Waals surface area contributed by atoms with Gasteiger partial charge in [0.1, 0.15) is 0 Å². The van der Waals surface area contributed by atoms with Crippen LogP contribution in [0.4, 0.5) is 0 Å². The quantitative estimate of drug-likeness (QED) is 0.559. The summed E-state index contributed by atoms with van der Waals surface area (Å²) in [5, 5.41) is 9.42. The van der Waals surface area contributed by atoms with Gasteiger partial charge in [-0.15, -0.1) is 0 Å². The molecule has 6 nitrogen and oxygen atoms in total. The van der Waals surface area contributed by atoms with E-state index < -0.39 is 17.8 Å². The van der Waals surface area contributed by atoms with Gasteiger partial charge in [0, 0.05) is 36.3 Å². The summed E-state index contributed by atoms with van der Waals surface area (Å²) in [5.74, 6) is -2.28. The van der Waals surface area contributed by atoms with Crippen LogP contribution in [0.25, 0.3) is 0 Å². The first-order chi connectivity index (χ1) is 11.5. The van der Waals surface area contributed by atoms with Crippen molar-refractivity contribution >= 4 is 27.7 Å². The molecule has 124 valence electrons. The third-order valence-corrected chi connectivity index (χ3v) is 4.30. The highest BCUT2D eigenvalue weighted by atomic mass is 79.9.